The first-order valence-electron chi connectivity index (χ1n) is 10.8. The van der Waals surface area contributed by atoms with E-state index in [4.69, 9.17) is 9.47 Å². The van der Waals surface area contributed by atoms with E-state index in [9.17, 15) is 19.7 Å². The van der Waals surface area contributed by atoms with E-state index in [2.05, 4.69) is 24.4 Å². The summed E-state index contributed by atoms with van der Waals surface area (Å²) >= 11 is 0. The topological polar surface area (TPSA) is 120 Å². The Balaban J connectivity index is 1.54. The van der Waals surface area contributed by atoms with Crippen LogP contribution in [0.3, 0.4) is 0 Å². The summed E-state index contributed by atoms with van der Waals surface area (Å²) in [6, 6.07) is 17.5. The normalized spacial score (nSPS) is 10.9. The molecule has 0 saturated heterocycles. The third kappa shape index (κ3) is 7.23. The van der Waals surface area contributed by atoms with Crippen molar-refractivity contribution >= 4 is 23.8 Å². The van der Waals surface area contributed by atoms with Gasteiger partial charge in [-0.25, -0.2) is 10.2 Å². The summed E-state index contributed by atoms with van der Waals surface area (Å²) in [4.78, 5) is 34.6. The van der Waals surface area contributed by atoms with Gasteiger partial charge in [-0.2, -0.15) is 5.10 Å². The van der Waals surface area contributed by atoms with Crippen molar-refractivity contribution in [3.05, 3.63) is 99.1 Å². The molecule has 1 amide bonds. The van der Waals surface area contributed by atoms with Gasteiger partial charge in [-0.15, -0.1) is 0 Å². The molecule has 35 heavy (non-hydrogen) atoms. The number of hydrogen-bond donors (Lipinski definition) is 1. The summed E-state index contributed by atoms with van der Waals surface area (Å²) < 4.78 is 11.0. The number of amides is 1. The lowest BCUT2D eigenvalue weighted by Crippen LogP contribution is -2.25. The smallest absolute Gasteiger partial charge is 0.343 e. The highest BCUT2D eigenvalue weighted by Gasteiger charge is 2.12. The van der Waals surface area contributed by atoms with Crippen LogP contribution in [0.25, 0.3) is 0 Å². The number of hydrogen-bond acceptors (Lipinski definition) is 7. The zero-order chi connectivity index (χ0) is 25.4. The summed E-state index contributed by atoms with van der Waals surface area (Å²) in [7, 11) is 0. The van der Waals surface area contributed by atoms with Gasteiger partial charge in [0.15, 0.2) is 6.61 Å². The number of esters is 1. The van der Waals surface area contributed by atoms with Crippen LogP contribution in [0.4, 0.5) is 5.69 Å². The Hall–Kier alpha value is -4.53. The van der Waals surface area contributed by atoms with Crippen LogP contribution < -0.4 is 14.9 Å². The van der Waals surface area contributed by atoms with E-state index >= 15 is 0 Å². The van der Waals surface area contributed by atoms with E-state index in [1.54, 1.807) is 24.3 Å². The number of ether oxygens (including phenoxy) is 2. The molecule has 0 aliphatic carbocycles. The van der Waals surface area contributed by atoms with Crippen molar-refractivity contribution in [1.29, 1.82) is 0 Å². The van der Waals surface area contributed by atoms with Crippen LogP contribution >= 0.6 is 0 Å². The van der Waals surface area contributed by atoms with E-state index in [1.165, 1.54) is 30.5 Å². The minimum absolute atomic E-state index is 0.119. The van der Waals surface area contributed by atoms with E-state index in [0.29, 0.717) is 11.3 Å². The van der Waals surface area contributed by atoms with Crippen LogP contribution in [0.15, 0.2) is 71.8 Å². The molecule has 9 nitrogen and oxygen atoms in total. The van der Waals surface area contributed by atoms with E-state index in [0.717, 1.165) is 11.1 Å². The molecule has 0 saturated carbocycles. The molecule has 0 aromatic heterocycles. The molecule has 0 radical (unpaired) electrons. The molecule has 0 atom stereocenters. The SMILES string of the molecule is Cc1ccc(C(C)C)c(OCC(=O)NN=Cc2cccc(OC(=O)c3ccc([N+](=O)[O-])cc3)c2)c1. The Kier molecular flexibility index (Phi) is 8.29. The second-order valence-corrected chi connectivity index (χ2v) is 8.04. The number of hydrazone groups is 1. The van der Waals surface area contributed by atoms with Crippen molar-refractivity contribution in [3.63, 3.8) is 0 Å². The third-order valence-electron chi connectivity index (χ3n) is 4.94. The number of aryl methyl sites for hydroxylation is 1. The van der Waals surface area contributed by atoms with Crippen LogP contribution in [0.5, 0.6) is 11.5 Å². The van der Waals surface area contributed by atoms with Gasteiger partial charge in [0.1, 0.15) is 11.5 Å². The second kappa shape index (κ2) is 11.6. The molecule has 3 aromatic carbocycles. The Labute approximate surface area is 202 Å². The Morgan fingerprint density at radius 2 is 1.83 bits per heavy atom. The van der Waals surface area contributed by atoms with Gasteiger partial charge < -0.3 is 9.47 Å². The van der Waals surface area contributed by atoms with Crippen molar-refractivity contribution in [1.82, 2.24) is 5.43 Å². The van der Waals surface area contributed by atoms with Crippen LogP contribution in [-0.4, -0.2) is 29.6 Å². The molecule has 0 aliphatic heterocycles. The zero-order valence-corrected chi connectivity index (χ0v) is 19.6. The minimum Gasteiger partial charge on any atom is -0.483 e. The maximum atomic E-state index is 12.3. The third-order valence-corrected chi connectivity index (χ3v) is 4.94. The van der Waals surface area contributed by atoms with Crippen molar-refractivity contribution in [2.45, 2.75) is 26.7 Å². The minimum atomic E-state index is -0.656. The maximum Gasteiger partial charge on any atom is 0.343 e. The maximum absolute atomic E-state index is 12.3. The van der Waals surface area contributed by atoms with Gasteiger partial charge >= 0.3 is 5.97 Å². The number of carbonyl (C=O) groups is 2. The van der Waals surface area contributed by atoms with Gasteiger partial charge in [0.05, 0.1) is 16.7 Å². The highest BCUT2D eigenvalue weighted by atomic mass is 16.6. The number of non-ortho nitro benzene ring substituents is 1. The molecule has 0 bridgehead atoms. The number of nitro groups is 1. The number of nitrogens with one attached hydrogen (secondary N) is 1. The Morgan fingerprint density at radius 3 is 2.51 bits per heavy atom. The number of nitrogens with zero attached hydrogens (tertiary/aromatic N) is 2. The molecule has 0 spiro atoms. The lowest BCUT2D eigenvalue weighted by Gasteiger charge is -2.14. The molecular formula is C26H25N3O6. The van der Waals surface area contributed by atoms with Crippen LogP contribution in [0.1, 0.15) is 46.8 Å². The Morgan fingerprint density at radius 1 is 1.09 bits per heavy atom. The highest BCUT2D eigenvalue weighted by molar-refractivity contribution is 5.91. The Bertz CT molecular complexity index is 1250. The fraction of sp³-hybridized carbons (Fsp3) is 0.192. The van der Waals surface area contributed by atoms with Crippen LogP contribution in [-0.2, 0) is 4.79 Å². The highest BCUT2D eigenvalue weighted by Crippen LogP contribution is 2.27. The first-order chi connectivity index (χ1) is 16.7. The van der Waals surface area contributed by atoms with E-state index in [1.807, 2.05) is 25.1 Å². The molecule has 1 N–H and O–H groups in total. The summed E-state index contributed by atoms with van der Waals surface area (Å²) in [5.74, 6) is 0.109. The van der Waals surface area contributed by atoms with Crippen molar-refractivity contribution < 1.29 is 24.0 Å². The van der Waals surface area contributed by atoms with Crippen LogP contribution in [0.2, 0.25) is 0 Å². The molecule has 0 aliphatic rings. The lowest BCUT2D eigenvalue weighted by molar-refractivity contribution is -0.384. The summed E-state index contributed by atoms with van der Waals surface area (Å²) in [6.07, 6.45) is 1.41. The molecule has 0 heterocycles. The monoisotopic (exact) mass is 475 g/mol. The van der Waals surface area contributed by atoms with E-state index < -0.39 is 16.8 Å². The van der Waals surface area contributed by atoms with Gasteiger partial charge in [0.2, 0.25) is 0 Å². The van der Waals surface area contributed by atoms with E-state index in [-0.39, 0.29) is 29.5 Å². The molecule has 180 valence electrons. The van der Waals surface area contributed by atoms with Gasteiger partial charge in [-0.3, -0.25) is 14.9 Å². The first-order valence-corrected chi connectivity index (χ1v) is 10.8. The molecule has 0 fully saturated rings. The van der Waals surface area contributed by atoms with Gasteiger partial charge in [0.25, 0.3) is 11.6 Å². The average molecular weight is 476 g/mol. The lowest BCUT2D eigenvalue weighted by atomic mass is 10.0. The molecule has 3 aromatic rings. The van der Waals surface area contributed by atoms with Gasteiger partial charge in [-0.05, 0) is 59.9 Å². The number of nitro benzene ring substituents is 1. The fourth-order valence-electron chi connectivity index (χ4n) is 3.14. The van der Waals surface area contributed by atoms with Crippen molar-refractivity contribution in [3.8, 4) is 11.5 Å². The molecular weight excluding hydrogens is 450 g/mol. The average Bonchev–Trinajstić information content (AvgIpc) is 2.83. The zero-order valence-electron chi connectivity index (χ0n) is 19.6. The molecule has 9 heteroatoms. The second-order valence-electron chi connectivity index (χ2n) is 8.04. The summed E-state index contributed by atoms with van der Waals surface area (Å²) in [5.41, 5.74) is 5.11. The first kappa shape index (κ1) is 25.1. The fourth-order valence-corrected chi connectivity index (χ4v) is 3.14. The molecule has 0 unspecified atom stereocenters. The largest absolute Gasteiger partial charge is 0.483 e. The number of rotatable bonds is 9. The quantitative estimate of drug-likeness (QED) is 0.156. The predicted molar refractivity (Wildman–Crippen MR) is 131 cm³/mol. The number of benzene rings is 3. The summed E-state index contributed by atoms with van der Waals surface area (Å²) in [5, 5.41) is 14.7. The van der Waals surface area contributed by atoms with Crippen LogP contribution in [0, 0.1) is 17.0 Å². The van der Waals surface area contributed by atoms with Gasteiger partial charge in [-0.1, -0.05) is 38.1 Å². The van der Waals surface area contributed by atoms with Crippen molar-refractivity contribution in [2.24, 2.45) is 5.10 Å². The van der Waals surface area contributed by atoms with Gasteiger partial charge in [0, 0.05) is 12.1 Å². The summed E-state index contributed by atoms with van der Waals surface area (Å²) in [6.45, 7) is 5.88. The number of carbonyl (C=O) groups excluding carboxylic acids is 2. The predicted octanol–water partition coefficient (Wildman–Crippen LogP) is 4.77. The van der Waals surface area contributed by atoms with Crippen molar-refractivity contribution in [2.75, 3.05) is 6.61 Å². The molecule has 3 rings (SSSR count). The standard InChI is InChI=1S/C26H25N3O6/c1-17(2)23-12-7-18(3)13-24(23)34-16-25(30)28-27-15-19-5-4-6-22(14-19)35-26(31)20-8-10-21(11-9-20)29(32)33/h4-15,17H,16H2,1-3H3,(H,28,30).